The van der Waals surface area contributed by atoms with Crippen LogP contribution in [-0.4, -0.2) is 41.9 Å². The van der Waals surface area contributed by atoms with E-state index in [0.29, 0.717) is 31.6 Å². The number of carbonyl (C=O) groups is 1. The molecule has 0 unspecified atom stereocenters. The van der Waals surface area contributed by atoms with Crippen molar-refractivity contribution in [3.8, 4) is 0 Å². The van der Waals surface area contributed by atoms with E-state index >= 15 is 0 Å². The van der Waals surface area contributed by atoms with Gasteiger partial charge in [0.1, 0.15) is 5.82 Å². The van der Waals surface area contributed by atoms with Gasteiger partial charge in [-0.15, -0.1) is 0 Å². The lowest BCUT2D eigenvalue weighted by Gasteiger charge is -2.20. The molecule has 0 atom stereocenters. The van der Waals surface area contributed by atoms with Gasteiger partial charge in [0, 0.05) is 13.1 Å². The third-order valence-electron chi connectivity index (χ3n) is 4.09. The van der Waals surface area contributed by atoms with Gasteiger partial charge in [-0.25, -0.2) is 4.98 Å². The van der Waals surface area contributed by atoms with Gasteiger partial charge >= 0.3 is 16.2 Å². The number of fused-ring (bicyclic) bond motifs is 1. The Bertz CT molecular complexity index is 856. The lowest BCUT2D eigenvalue weighted by atomic mass is 10.0. The summed E-state index contributed by atoms with van der Waals surface area (Å²) in [5.74, 6) is -0.890. The number of carboxylic acid groups (broad SMARTS) is 1. The molecule has 2 N–H and O–H groups in total. The molecule has 1 aliphatic rings. The molecule has 0 saturated heterocycles. The number of aliphatic carboxylic acids is 1. The normalized spacial score (nSPS) is 15.2. The summed E-state index contributed by atoms with van der Waals surface area (Å²) < 4.78 is 29.2. The third kappa shape index (κ3) is 4.34. The smallest absolute Gasteiger partial charge is 0.309 e. The fourth-order valence-electron chi connectivity index (χ4n) is 2.87. The van der Waals surface area contributed by atoms with Crippen LogP contribution in [0.2, 0.25) is 0 Å². The minimum atomic E-state index is -3.75. The molecule has 0 spiro atoms. The van der Waals surface area contributed by atoms with Crippen LogP contribution in [0.5, 0.6) is 0 Å². The SMILES string of the molecule is O=C(O)Cc1cccc(NS(=O)(=O)N2CCc3ccccc3CC2)n1. The molecule has 0 saturated carbocycles. The number of anilines is 1. The third-order valence-corrected chi connectivity index (χ3v) is 5.60. The highest BCUT2D eigenvalue weighted by Gasteiger charge is 2.25. The molecule has 0 amide bonds. The van der Waals surface area contributed by atoms with Crippen molar-refractivity contribution >= 4 is 22.0 Å². The highest BCUT2D eigenvalue weighted by molar-refractivity contribution is 7.90. The highest BCUT2D eigenvalue weighted by atomic mass is 32.2. The average molecular weight is 361 g/mol. The molecule has 2 aromatic rings. The Morgan fingerprint density at radius 1 is 1.08 bits per heavy atom. The first kappa shape index (κ1) is 17.4. The van der Waals surface area contributed by atoms with Crippen molar-refractivity contribution in [2.75, 3.05) is 17.8 Å². The van der Waals surface area contributed by atoms with Gasteiger partial charge in [0.15, 0.2) is 0 Å². The Labute approximate surface area is 146 Å². The van der Waals surface area contributed by atoms with Gasteiger partial charge in [0.2, 0.25) is 0 Å². The maximum atomic E-state index is 12.7. The van der Waals surface area contributed by atoms with Crippen LogP contribution in [0, 0.1) is 0 Å². The van der Waals surface area contributed by atoms with Gasteiger partial charge in [0.25, 0.3) is 0 Å². The van der Waals surface area contributed by atoms with Crippen molar-refractivity contribution in [2.45, 2.75) is 19.3 Å². The van der Waals surface area contributed by atoms with Gasteiger partial charge in [0.05, 0.1) is 12.1 Å². The summed E-state index contributed by atoms with van der Waals surface area (Å²) in [6, 6.07) is 12.6. The summed E-state index contributed by atoms with van der Waals surface area (Å²) >= 11 is 0. The number of carboxylic acids is 1. The Balaban J connectivity index is 1.73. The average Bonchev–Trinajstić information content (AvgIpc) is 2.77. The molecule has 1 aromatic heterocycles. The zero-order valence-corrected chi connectivity index (χ0v) is 14.4. The van der Waals surface area contributed by atoms with Gasteiger partial charge in [-0.2, -0.15) is 12.7 Å². The van der Waals surface area contributed by atoms with Crippen LogP contribution in [0.4, 0.5) is 5.82 Å². The van der Waals surface area contributed by atoms with E-state index in [1.807, 2.05) is 24.3 Å². The Kier molecular flexibility index (Phi) is 5.00. The Hall–Kier alpha value is -2.45. The number of aromatic nitrogens is 1. The molecular formula is C17H19N3O4S. The second kappa shape index (κ2) is 7.20. The minimum absolute atomic E-state index is 0.125. The molecule has 2 heterocycles. The van der Waals surface area contributed by atoms with Crippen LogP contribution in [-0.2, 0) is 34.3 Å². The predicted molar refractivity (Wildman–Crippen MR) is 93.5 cm³/mol. The first-order valence-corrected chi connectivity index (χ1v) is 9.40. The highest BCUT2D eigenvalue weighted by Crippen LogP contribution is 2.18. The summed E-state index contributed by atoms with van der Waals surface area (Å²) in [4.78, 5) is 14.8. The maximum Gasteiger partial charge on any atom is 0.309 e. The van der Waals surface area contributed by atoms with Crippen molar-refractivity contribution in [3.63, 3.8) is 0 Å². The van der Waals surface area contributed by atoms with Crippen LogP contribution in [0.25, 0.3) is 0 Å². The second-order valence-electron chi connectivity index (χ2n) is 5.86. The van der Waals surface area contributed by atoms with Crippen LogP contribution >= 0.6 is 0 Å². The van der Waals surface area contributed by atoms with Crippen LogP contribution in [0.15, 0.2) is 42.5 Å². The molecule has 1 aromatic carbocycles. The van der Waals surface area contributed by atoms with Gasteiger partial charge in [-0.1, -0.05) is 30.3 Å². The van der Waals surface area contributed by atoms with Gasteiger partial charge in [-0.3, -0.25) is 9.52 Å². The largest absolute Gasteiger partial charge is 0.481 e. The standard InChI is InChI=1S/C17H19N3O4S/c21-17(22)12-15-6-3-7-16(18-15)19-25(23,24)20-10-8-13-4-1-2-5-14(13)9-11-20/h1-7H,8-12H2,(H,18,19)(H,21,22). The van der Waals surface area contributed by atoms with Crippen LogP contribution in [0.3, 0.4) is 0 Å². The number of hydrogen-bond acceptors (Lipinski definition) is 4. The quantitative estimate of drug-likeness (QED) is 0.840. The summed E-state index contributed by atoms with van der Waals surface area (Å²) in [6.45, 7) is 0.780. The fourth-order valence-corrected chi connectivity index (χ4v) is 4.04. The minimum Gasteiger partial charge on any atom is -0.481 e. The van der Waals surface area contributed by atoms with Crippen LogP contribution in [0.1, 0.15) is 16.8 Å². The molecule has 3 rings (SSSR count). The first-order valence-electron chi connectivity index (χ1n) is 7.96. The molecular weight excluding hydrogens is 342 g/mol. The number of pyridine rings is 1. The maximum absolute atomic E-state index is 12.7. The summed E-state index contributed by atoms with van der Waals surface area (Å²) in [5.41, 5.74) is 2.64. The Morgan fingerprint density at radius 3 is 2.32 bits per heavy atom. The van der Waals surface area contributed by atoms with Gasteiger partial charge in [-0.05, 0) is 36.1 Å². The first-order chi connectivity index (χ1) is 11.9. The number of nitrogens with zero attached hydrogens (tertiary/aromatic N) is 2. The molecule has 0 bridgehead atoms. The summed E-state index contributed by atoms with van der Waals surface area (Å²) in [7, 11) is -3.75. The monoisotopic (exact) mass is 361 g/mol. The van der Waals surface area contributed by atoms with E-state index < -0.39 is 16.2 Å². The lowest BCUT2D eigenvalue weighted by Crippen LogP contribution is -2.37. The number of rotatable bonds is 5. The van der Waals surface area contributed by atoms with E-state index in [1.54, 1.807) is 12.1 Å². The number of nitrogens with one attached hydrogen (secondary N) is 1. The van der Waals surface area contributed by atoms with E-state index in [0.717, 1.165) is 0 Å². The van der Waals surface area contributed by atoms with E-state index in [-0.39, 0.29) is 12.2 Å². The predicted octanol–water partition coefficient (Wildman–Crippen LogP) is 1.47. The number of hydrogen-bond donors (Lipinski definition) is 2. The molecule has 8 heteroatoms. The van der Waals surface area contributed by atoms with Crippen LogP contribution < -0.4 is 4.72 Å². The Morgan fingerprint density at radius 2 is 1.72 bits per heavy atom. The van der Waals surface area contributed by atoms with Crippen molar-refractivity contribution in [1.82, 2.24) is 9.29 Å². The van der Waals surface area contributed by atoms with Crippen molar-refractivity contribution < 1.29 is 18.3 Å². The molecule has 0 fully saturated rings. The lowest BCUT2D eigenvalue weighted by molar-refractivity contribution is -0.136. The molecule has 132 valence electrons. The number of benzene rings is 1. The van der Waals surface area contributed by atoms with Crippen molar-refractivity contribution in [1.29, 1.82) is 0 Å². The molecule has 0 aliphatic carbocycles. The topological polar surface area (TPSA) is 99.6 Å². The zero-order valence-electron chi connectivity index (χ0n) is 13.6. The fraction of sp³-hybridized carbons (Fsp3) is 0.294. The van der Waals surface area contributed by atoms with E-state index in [9.17, 15) is 13.2 Å². The van der Waals surface area contributed by atoms with E-state index in [2.05, 4.69) is 9.71 Å². The molecule has 0 radical (unpaired) electrons. The van der Waals surface area contributed by atoms with Gasteiger partial charge < -0.3 is 5.11 Å². The summed E-state index contributed by atoms with van der Waals surface area (Å²) in [5, 5.41) is 8.82. The van der Waals surface area contributed by atoms with Crippen molar-refractivity contribution in [3.05, 3.63) is 59.3 Å². The summed E-state index contributed by atoms with van der Waals surface area (Å²) in [6.07, 6.45) is 1.06. The van der Waals surface area contributed by atoms with Crippen molar-refractivity contribution in [2.24, 2.45) is 0 Å². The molecule has 25 heavy (non-hydrogen) atoms. The zero-order chi connectivity index (χ0) is 17.9. The van der Waals surface area contributed by atoms with E-state index in [4.69, 9.17) is 5.11 Å². The molecule has 7 nitrogen and oxygen atoms in total. The molecule has 1 aliphatic heterocycles. The van der Waals surface area contributed by atoms with E-state index in [1.165, 1.54) is 21.5 Å². The second-order valence-corrected chi connectivity index (χ2v) is 7.53.